The third-order valence-corrected chi connectivity index (χ3v) is 5.07. The van der Waals surface area contributed by atoms with Gasteiger partial charge in [-0.1, -0.05) is 36.9 Å². The Morgan fingerprint density at radius 3 is 2.80 bits per heavy atom. The highest BCUT2D eigenvalue weighted by Gasteiger charge is 2.39. The van der Waals surface area contributed by atoms with Crippen LogP contribution in [-0.4, -0.2) is 20.2 Å². The molecule has 25 heavy (non-hydrogen) atoms. The molecule has 0 bridgehead atoms. The molecule has 0 unspecified atom stereocenters. The van der Waals surface area contributed by atoms with Gasteiger partial charge in [0.25, 0.3) is 0 Å². The summed E-state index contributed by atoms with van der Waals surface area (Å²) in [6.45, 7) is 0.648. The third-order valence-electron chi connectivity index (χ3n) is 4.84. The summed E-state index contributed by atoms with van der Waals surface area (Å²) in [6.07, 6.45) is 7.22. The number of hydrogen-bond acceptors (Lipinski definition) is 5. The van der Waals surface area contributed by atoms with Gasteiger partial charge in [0.05, 0.1) is 24.0 Å². The molecule has 4 rings (SSSR count). The van der Waals surface area contributed by atoms with E-state index in [-0.39, 0.29) is 5.54 Å². The van der Waals surface area contributed by atoms with Crippen LogP contribution in [0.3, 0.4) is 0 Å². The first-order chi connectivity index (χ1) is 12.3. The Labute approximate surface area is 151 Å². The number of aromatic nitrogens is 4. The van der Waals surface area contributed by atoms with E-state index in [0.717, 1.165) is 43.0 Å². The lowest BCUT2D eigenvalue weighted by Gasteiger charge is -2.36. The number of tetrazole rings is 1. The predicted molar refractivity (Wildman–Crippen MR) is 94.5 cm³/mol. The van der Waals surface area contributed by atoms with E-state index in [1.54, 1.807) is 10.9 Å². The van der Waals surface area contributed by atoms with Gasteiger partial charge in [-0.2, -0.15) is 4.68 Å². The molecule has 2 aromatic heterocycles. The second-order valence-corrected chi connectivity index (χ2v) is 6.91. The van der Waals surface area contributed by atoms with Crippen LogP contribution in [0, 0.1) is 0 Å². The summed E-state index contributed by atoms with van der Waals surface area (Å²) in [4.78, 5) is 0. The SMILES string of the molecule is Clc1cccc(-n2nnnc2C2(NCc3ccco3)CCCCC2)c1. The van der Waals surface area contributed by atoms with Gasteiger partial charge >= 0.3 is 0 Å². The maximum Gasteiger partial charge on any atom is 0.176 e. The van der Waals surface area contributed by atoms with E-state index in [0.29, 0.717) is 11.6 Å². The summed E-state index contributed by atoms with van der Waals surface area (Å²) in [5.41, 5.74) is 0.605. The molecule has 0 atom stereocenters. The van der Waals surface area contributed by atoms with Crippen molar-refractivity contribution in [2.75, 3.05) is 0 Å². The Morgan fingerprint density at radius 1 is 1.16 bits per heavy atom. The molecule has 130 valence electrons. The van der Waals surface area contributed by atoms with Crippen molar-refractivity contribution >= 4 is 11.6 Å². The number of nitrogens with zero attached hydrogens (tertiary/aromatic N) is 4. The Hall–Kier alpha value is -2.18. The molecule has 0 radical (unpaired) electrons. The molecule has 3 aromatic rings. The van der Waals surface area contributed by atoms with Crippen LogP contribution in [-0.2, 0) is 12.1 Å². The van der Waals surface area contributed by atoms with E-state index >= 15 is 0 Å². The number of benzene rings is 1. The second-order valence-electron chi connectivity index (χ2n) is 6.47. The Bertz CT molecular complexity index is 824. The van der Waals surface area contributed by atoms with Crippen molar-refractivity contribution in [1.82, 2.24) is 25.5 Å². The van der Waals surface area contributed by atoms with Gasteiger partial charge in [0.15, 0.2) is 5.82 Å². The zero-order valence-electron chi connectivity index (χ0n) is 13.9. The van der Waals surface area contributed by atoms with Crippen molar-refractivity contribution in [1.29, 1.82) is 0 Å². The van der Waals surface area contributed by atoms with Gasteiger partial charge in [-0.25, -0.2) is 0 Å². The lowest BCUT2D eigenvalue weighted by Crippen LogP contribution is -2.45. The maximum atomic E-state index is 6.15. The Balaban J connectivity index is 1.69. The van der Waals surface area contributed by atoms with Crippen LogP contribution in [0.4, 0.5) is 0 Å². The molecule has 1 aliphatic rings. The molecule has 1 N–H and O–H groups in total. The first-order valence-corrected chi connectivity index (χ1v) is 8.97. The highest BCUT2D eigenvalue weighted by molar-refractivity contribution is 6.30. The van der Waals surface area contributed by atoms with Crippen LogP contribution >= 0.6 is 11.6 Å². The lowest BCUT2D eigenvalue weighted by atomic mass is 9.80. The Morgan fingerprint density at radius 2 is 2.04 bits per heavy atom. The van der Waals surface area contributed by atoms with Crippen LogP contribution in [0.1, 0.15) is 43.7 Å². The lowest BCUT2D eigenvalue weighted by molar-refractivity contribution is 0.208. The number of rotatable bonds is 5. The fourth-order valence-electron chi connectivity index (χ4n) is 3.57. The molecule has 1 saturated carbocycles. The molecule has 0 spiro atoms. The van der Waals surface area contributed by atoms with Gasteiger partial charge in [-0.15, -0.1) is 5.10 Å². The predicted octanol–water partition coefficient (Wildman–Crippen LogP) is 3.86. The largest absolute Gasteiger partial charge is 0.468 e. The van der Waals surface area contributed by atoms with Gasteiger partial charge in [0.1, 0.15) is 5.76 Å². The number of furan rings is 1. The number of hydrogen-bond donors (Lipinski definition) is 1. The molecule has 1 aliphatic carbocycles. The third kappa shape index (κ3) is 3.32. The minimum Gasteiger partial charge on any atom is -0.468 e. The molecule has 1 aromatic carbocycles. The zero-order chi connectivity index (χ0) is 17.1. The molecule has 7 heteroatoms. The highest BCUT2D eigenvalue weighted by Crippen LogP contribution is 2.37. The monoisotopic (exact) mass is 357 g/mol. The van der Waals surface area contributed by atoms with Crippen molar-refractivity contribution in [3.05, 3.63) is 59.3 Å². The average molecular weight is 358 g/mol. The van der Waals surface area contributed by atoms with Crippen LogP contribution in [0.2, 0.25) is 5.02 Å². The van der Waals surface area contributed by atoms with Gasteiger partial charge in [0, 0.05) is 5.02 Å². The van der Waals surface area contributed by atoms with Gasteiger partial charge in [0.2, 0.25) is 0 Å². The molecule has 1 fully saturated rings. The van der Waals surface area contributed by atoms with Crippen LogP contribution in [0.25, 0.3) is 5.69 Å². The second kappa shape index (κ2) is 6.98. The highest BCUT2D eigenvalue weighted by atomic mass is 35.5. The van der Waals surface area contributed by atoms with E-state index in [9.17, 15) is 0 Å². The van der Waals surface area contributed by atoms with Crippen molar-refractivity contribution in [2.24, 2.45) is 0 Å². The fourth-order valence-corrected chi connectivity index (χ4v) is 3.76. The quantitative estimate of drug-likeness (QED) is 0.751. The Kier molecular flexibility index (Phi) is 4.55. The molecule has 0 aliphatic heterocycles. The van der Waals surface area contributed by atoms with E-state index in [1.807, 2.05) is 36.4 Å². The van der Waals surface area contributed by atoms with Crippen molar-refractivity contribution in [2.45, 2.75) is 44.2 Å². The molecular weight excluding hydrogens is 338 g/mol. The topological polar surface area (TPSA) is 68.8 Å². The minimum absolute atomic E-state index is 0.267. The standard InChI is InChI=1S/C18H20ClN5O/c19-14-6-4-7-15(12-14)24-17(21-22-23-24)18(9-2-1-3-10-18)20-13-16-8-5-11-25-16/h4-8,11-12,20H,1-3,9-10,13H2. The molecule has 2 heterocycles. The van der Waals surface area contributed by atoms with Gasteiger partial charge in [-0.05, 0) is 53.6 Å². The van der Waals surface area contributed by atoms with Gasteiger partial charge in [-0.3, -0.25) is 5.32 Å². The normalized spacial score (nSPS) is 16.8. The van der Waals surface area contributed by atoms with Gasteiger partial charge < -0.3 is 4.42 Å². The summed E-state index contributed by atoms with van der Waals surface area (Å²) < 4.78 is 7.28. The summed E-state index contributed by atoms with van der Waals surface area (Å²) in [5, 5.41) is 16.9. The first kappa shape index (κ1) is 16.3. The minimum atomic E-state index is -0.267. The van der Waals surface area contributed by atoms with Crippen LogP contribution < -0.4 is 5.32 Å². The summed E-state index contributed by atoms with van der Waals surface area (Å²) >= 11 is 6.15. The summed E-state index contributed by atoms with van der Waals surface area (Å²) in [7, 11) is 0. The van der Waals surface area contributed by atoms with E-state index in [4.69, 9.17) is 16.0 Å². The van der Waals surface area contributed by atoms with Crippen LogP contribution in [0.5, 0.6) is 0 Å². The smallest absolute Gasteiger partial charge is 0.176 e. The molecule has 6 nitrogen and oxygen atoms in total. The van der Waals surface area contributed by atoms with Crippen molar-refractivity contribution in [3.8, 4) is 5.69 Å². The molecule has 0 amide bonds. The van der Waals surface area contributed by atoms with Crippen LogP contribution in [0.15, 0.2) is 47.1 Å². The zero-order valence-corrected chi connectivity index (χ0v) is 14.6. The first-order valence-electron chi connectivity index (χ1n) is 8.59. The molecular formula is C18H20ClN5O. The fraction of sp³-hybridized carbons (Fsp3) is 0.389. The van der Waals surface area contributed by atoms with Crippen molar-refractivity contribution in [3.63, 3.8) is 0 Å². The number of nitrogens with one attached hydrogen (secondary N) is 1. The molecule has 0 saturated heterocycles. The van der Waals surface area contributed by atoms with E-state index in [1.165, 1.54) is 6.42 Å². The maximum absolute atomic E-state index is 6.15. The summed E-state index contributed by atoms with van der Waals surface area (Å²) in [5.74, 6) is 1.74. The van der Waals surface area contributed by atoms with Crippen molar-refractivity contribution < 1.29 is 4.42 Å². The number of halogens is 1. The average Bonchev–Trinajstić information content (AvgIpc) is 3.33. The summed E-state index contributed by atoms with van der Waals surface area (Å²) in [6, 6.07) is 11.5. The van der Waals surface area contributed by atoms with E-state index < -0.39 is 0 Å². The van der Waals surface area contributed by atoms with E-state index in [2.05, 4.69) is 20.8 Å².